The number of hydrogen-bond donors (Lipinski definition) is 1. The lowest BCUT2D eigenvalue weighted by Crippen LogP contribution is -2.18. The molecule has 4 heteroatoms. The van der Waals surface area contributed by atoms with Crippen LogP contribution in [0.4, 0.5) is 0 Å². The molecular weight excluding hydrogens is 110 g/mol. The Morgan fingerprint density at radius 3 is 2.12 bits per heavy atom. The molecular formula is C4H9NO3. The summed E-state index contributed by atoms with van der Waals surface area (Å²) in [7, 11) is 1.40. The van der Waals surface area contributed by atoms with Gasteiger partial charge in [-0.3, -0.25) is 4.79 Å². The molecule has 48 valence electrons. The van der Waals surface area contributed by atoms with Crippen LogP contribution in [0.25, 0.3) is 0 Å². The van der Waals surface area contributed by atoms with Crippen LogP contribution in [0.3, 0.4) is 0 Å². The summed E-state index contributed by atoms with van der Waals surface area (Å²) in [6, 6.07) is 0. The Morgan fingerprint density at radius 2 is 2.12 bits per heavy atom. The van der Waals surface area contributed by atoms with Gasteiger partial charge >= 0.3 is 5.97 Å². The molecule has 8 heavy (non-hydrogen) atoms. The van der Waals surface area contributed by atoms with Crippen molar-refractivity contribution in [2.75, 3.05) is 13.7 Å². The Hall–Kier alpha value is -0.610. The summed E-state index contributed by atoms with van der Waals surface area (Å²) >= 11 is 0. The van der Waals surface area contributed by atoms with E-state index in [1.54, 1.807) is 0 Å². The van der Waals surface area contributed by atoms with Crippen molar-refractivity contribution in [3.05, 3.63) is 0 Å². The van der Waals surface area contributed by atoms with Crippen LogP contribution in [0, 0.1) is 0 Å². The SMILES string of the molecule is CON.O=C1CCO1. The summed E-state index contributed by atoms with van der Waals surface area (Å²) in [5, 5.41) is 0. The van der Waals surface area contributed by atoms with Crippen LogP contribution in [0.2, 0.25) is 0 Å². The van der Waals surface area contributed by atoms with Crippen LogP contribution in [0.15, 0.2) is 0 Å². The standard InChI is InChI=1S/C3H4O2.CH5NO/c4-3-1-2-5-3;1-3-2/h1-2H2;2H2,1H3. The fourth-order valence-electron chi connectivity index (χ4n) is 0.185. The molecule has 0 bridgehead atoms. The molecule has 0 amide bonds. The van der Waals surface area contributed by atoms with Crippen LogP contribution in [0.1, 0.15) is 6.42 Å². The summed E-state index contributed by atoms with van der Waals surface area (Å²) < 4.78 is 4.29. The summed E-state index contributed by atoms with van der Waals surface area (Å²) in [5.41, 5.74) is 0. The maximum Gasteiger partial charge on any atom is 0.309 e. The third kappa shape index (κ3) is 3.58. The molecule has 1 aliphatic heterocycles. The fraction of sp³-hybridized carbons (Fsp3) is 0.750. The minimum absolute atomic E-state index is 0.0648. The van der Waals surface area contributed by atoms with Gasteiger partial charge in [-0.15, -0.1) is 0 Å². The van der Waals surface area contributed by atoms with E-state index in [0.29, 0.717) is 13.0 Å². The molecule has 0 unspecified atom stereocenters. The van der Waals surface area contributed by atoms with E-state index < -0.39 is 0 Å². The third-order valence-electron chi connectivity index (χ3n) is 0.569. The van der Waals surface area contributed by atoms with Crippen molar-refractivity contribution in [2.45, 2.75) is 6.42 Å². The maximum absolute atomic E-state index is 9.68. The molecule has 0 aliphatic carbocycles. The minimum Gasteiger partial charge on any atom is -0.465 e. The molecule has 4 nitrogen and oxygen atoms in total. The lowest BCUT2D eigenvalue weighted by Gasteiger charge is -2.09. The van der Waals surface area contributed by atoms with Crippen LogP contribution >= 0.6 is 0 Å². The molecule has 0 atom stereocenters. The zero-order chi connectivity index (χ0) is 6.41. The van der Waals surface area contributed by atoms with E-state index in [1.807, 2.05) is 0 Å². The van der Waals surface area contributed by atoms with Gasteiger partial charge < -0.3 is 9.57 Å². The van der Waals surface area contributed by atoms with E-state index in [0.717, 1.165) is 0 Å². The molecule has 1 heterocycles. The van der Waals surface area contributed by atoms with Gasteiger partial charge in [-0.2, -0.15) is 0 Å². The highest BCUT2D eigenvalue weighted by atomic mass is 16.6. The second-order valence-corrected chi connectivity index (χ2v) is 1.21. The number of nitrogens with two attached hydrogens (primary N) is 1. The van der Waals surface area contributed by atoms with Gasteiger partial charge in [-0.1, -0.05) is 0 Å². The topological polar surface area (TPSA) is 61.5 Å². The van der Waals surface area contributed by atoms with Gasteiger partial charge in [-0.05, 0) is 0 Å². The van der Waals surface area contributed by atoms with Crippen LogP contribution in [0.5, 0.6) is 0 Å². The molecule has 0 spiro atoms. The highest BCUT2D eigenvalue weighted by Gasteiger charge is 2.10. The lowest BCUT2D eigenvalue weighted by atomic mass is 10.4. The van der Waals surface area contributed by atoms with E-state index >= 15 is 0 Å². The number of esters is 1. The highest BCUT2D eigenvalue weighted by Crippen LogP contribution is 1.97. The third-order valence-corrected chi connectivity index (χ3v) is 0.569. The molecule has 1 fully saturated rings. The largest absolute Gasteiger partial charge is 0.465 e. The highest BCUT2D eigenvalue weighted by molar-refractivity contribution is 5.73. The Balaban J connectivity index is 0.000000145. The number of rotatable bonds is 0. The quantitative estimate of drug-likeness (QED) is 0.343. The first-order valence-electron chi connectivity index (χ1n) is 2.19. The average molecular weight is 119 g/mol. The van der Waals surface area contributed by atoms with Crippen molar-refractivity contribution in [1.29, 1.82) is 0 Å². The zero-order valence-electron chi connectivity index (χ0n) is 4.72. The zero-order valence-corrected chi connectivity index (χ0v) is 4.72. The van der Waals surface area contributed by atoms with Crippen molar-refractivity contribution < 1.29 is 14.4 Å². The van der Waals surface area contributed by atoms with Crippen molar-refractivity contribution in [1.82, 2.24) is 0 Å². The first-order chi connectivity index (χ1) is 3.81. The molecule has 1 rings (SSSR count). The monoisotopic (exact) mass is 119 g/mol. The average Bonchev–Trinajstić information content (AvgIpc) is 1.64. The van der Waals surface area contributed by atoms with E-state index in [9.17, 15) is 4.79 Å². The van der Waals surface area contributed by atoms with Gasteiger partial charge in [0.15, 0.2) is 0 Å². The number of cyclic esters (lactones) is 1. The predicted octanol–water partition coefficient (Wildman–Crippen LogP) is -0.560. The van der Waals surface area contributed by atoms with Crippen LogP contribution < -0.4 is 5.90 Å². The number of hydrogen-bond acceptors (Lipinski definition) is 4. The Bertz CT molecular complexity index is 67.7. The molecule has 0 saturated carbocycles. The number of carbonyl (C=O) groups is 1. The lowest BCUT2D eigenvalue weighted by molar-refractivity contribution is -0.157. The van der Waals surface area contributed by atoms with Gasteiger partial charge in [0.25, 0.3) is 0 Å². The minimum atomic E-state index is -0.0648. The van der Waals surface area contributed by atoms with Gasteiger partial charge in [0.2, 0.25) is 0 Å². The predicted molar refractivity (Wildman–Crippen MR) is 26.8 cm³/mol. The van der Waals surface area contributed by atoms with Crippen molar-refractivity contribution in [2.24, 2.45) is 5.90 Å². The molecule has 0 aromatic heterocycles. The molecule has 0 aromatic carbocycles. The molecule has 0 aromatic rings. The summed E-state index contributed by atoms with van der Waals surface area (Å²) in [4.78, 5) is 13.4. The molecule has 0 radical (unpaired) electrons. The van der Waals surface area contributed by atoms with Gasteiger partial charge in [0.05, 0.1) is 13.5 Å². The van der Waals surface area contributed by atoms with Crippen molar-refractivity contribution in [3.63, 3.8) is 0 Å². The second kappa shape index (κ2) is 4.55. The van der Waals surface area contributed by atoms with Crippen LogP contribution in [-0.2, 0) is 14.4 Å². The molecule has 2 N–H and O–H groups in total. The van der Waals surface area contributed by atoms with Crippen LogP contribution in [-0.4, -0.2) is 19.7 Å². The summed E-state index contributed by atoms with van der Waals surface area (Å²) in [5.74, 6) is 4.28. The van der Waals surface area contributed by atoms with Crippen molar-refractivity contribution >= 4 is 5.97 Å². The first-order valence-corrected chi connectivity index (χ1v) is 2.19. The Morgan fingerprint density at radius 1 is 1.88 bits per heavy atom. The second-order valence-electron chi connectivity index (χ2n) is 1.21. The van der Waals surface area contributed by atoms with Gasteiger partial charge in [0, 0.05) is 0 Å². The summed E-state index contributed by atoms with van der Waals surface area (Å²) in [6.45, 7) is 0.638. The van der Waals surface area contributed by atoms with E-state index in [-0.39, 0.29) is 5.97 Å². The maximum atomic E-state index is 9.68. The number of ether oxygens (including phenoxy) is 1. The van der Waals surface area contributed by atoms with E-state index in [4.69, 9.17) is 0 Å². The fourth-order valence-corrected chi connectivity index (χ4v) is 0.185. The Labute approximate surface area is 47.5 Å². The van der Waals surface area contributed by atoms with E-state index in [2.05, 4.69) is 15.5 Å². The Kier molecular flexibility index (Phi) is 4.20. The van der Waals surface area contributed by atoms with Crippen molar-refractivity contribution in [3.8, 4) is 0 Å². The molecule has 1 aliphatic rings. The number of carbonyl (C=O) groups excluding carboxylic acids is 1. The van der Waals surface area contributed by atoms with E-state index in [1.165, 1.54) is 7.11 Å². The smallest absolute Gasteiger partial charge is 0.309 e. The normalized spacial score (nSPS) is 15.0. The summed E-state index contributed by atoms with van der Waals surface area (Å²) in [6.07, 6.45) is 0.625. The molecule has 1 saturated heterocycles. The van der Waals surface area contributed by atoms with Gasteiger partial charge in [-0.25, -0.2) is 5.90 Å². The first kappa shape index (κ1) is 7.39. The van der Waals surface area contributed by atoms with Gasteiger partial charge in [0.1, 0.15) is 6.61 Å².